The Morgan fingerprint density at radius 1 is 0.800 bits per heavy atom. The van der Waals surface area contributed by atoms with Crippen molar-refractivity contribution in [2.45, 2.75) is 51.6 Å². The second-order valence-corrected chi connectivity index (χ2v) is 8.17. The molecule has 2 aromatic rings. The minimum Gasteiger partial charge on any atom is -0.494 e. The molecule has 2 atom stereocenters. The number of para-hydroxylation sites is 1. The second-order valence-electron chi connectivity index (χ2n) is 8.17. The molecule has 190 valence electrons. The molecule has 35 heavy (non-hydrogen) atoms. The van der Waals surface area contributed by atoms with Crippen LogP contribution in [0.2, 0.25) is 0 Å². The van der Waals surface area contributed by atoms with E-state index in [1.54, 1.807) is 6.92 Å². The van der Waals surface area contributed by atoms with Gasteiger partial charge in [-0.05, 0) is 61.9 Å². The third-order valence-corrected chi connectivity index (χ3v) is 5.42. The summed E-state index contributed by atoms with van der Waals surface area (Å²) in [5.74, 6) is -2.55. The van der Waals surface area contributed by atoms with Crippen molar-refractivity contribution < 1.29 is 38.8 Å². The molecule has 0 radical (unpaired) electrons. The standard InChI is InChI=1S/C27H34O8/c1-2-21(26(29)30)19-24(28)25(27(31)32)35-17-9-11-20-10-8-14-23(18-20)34-16-7-6-15-33-22-12-4-3-5-13-22/h3-5,8,10,12-14,18,21,25H,2,6-7,9,11,15-17,19H2,1H3,(H,29,30)(H,31,32). The molecule has 2 rings (SSSR count). The highest BCUT2D eigenvalue weighted by Gasteiger charge is 2.30. The quantitative estimate of drug-likeness (QED) is 0.235. The Labute approximate surface area is 205 Å². The van der Waals surface area contributed by atoms with E-state index in [1.165, 1.54) is 0 Å². The summed E-state index contributed by atoms with van der Waals surface area (Å²) in [5.41, 5.74) is 1.01. The molecule has 8 heteroatoms. The van der Waals surface area contributed by atoms with Gasteiger partial charge < -0.3 is 24.4 Å². The maximum absolute atomic E-state index is 12.2. The van der Waals surface area contributed by atoms with Crippen molar-refractivity contribution in [1.82, 2.24) is 0 Å². The molecular weight excluding hydrogens is 452 g/mol. The Morgan fingerprint density at radius 3 is 2.09 bits per heavy atom. The largest absolute Gasteiger partial charge is 0.494 e. The summed E-state index contributed by atoms with van der Waals surface area (Å²) in [6, 6.07) is 17.3. The smallest absolute Gasteiger partial charge is 0.340 e. The summed E-state index contributed by atoms with van der Waals surface area (Å²) in [5, 5.41) is 18.4. The van der Waals surface area contributed by atoms with E-state index in [4.69, 9.17) is 19.3 Å². The van der Waals surface area contributed by atoms with Gasteiger partial charge in [0.25, 0.3) is 0 Å². The second kappa shape index (κ2) is 15.5. The van der Waals surface area contributed by atoms with E-state index in [0.29, 0.717) is 26.1 Å². The van der Waals surface area contributed by atoms with E-state index in [2.05, 4.69) is 0 Å². The molecule has 2 aromatic carbocycles. The van der Waals surface area contributed by atoms with Crippen LogP contribution in [0.4, 0.5) is 0 Å². The number of ketones is 1. The lowest BCUT2D eigenvalue weighted by Crippen LogP contribution is -2.35. The molecule has 0 spiro atoms. The Morgan fingerprint density at radius 2 is 1.46 bits per heavy atom. The molecule has 0 saturated heterocycles. The number of carboxylic acid groups (broad SMARTS) is 2. The average molecular weight is 487 g/mol. The van der Waals surface area contributed by atoms with E-state index in [1.807, 2.05) is 54.6 Å². The zero-order chi connectivity index (χ0) is 25.5. The van der Waals surface area contributed by atoms with Crippen molar-refractivity contribution in [3.63, 3.8) is 0 Å². The number of carbonyl (C=O) groups excluding carboxylic acids is 1. The summed E-state index contributed by atoms with van der Waals surface area (Å²) < 4.78 is 16.8. The van der Waals surface area contributed by atoms with E-state index in [9.17, 15) is 19.5 Å². The van der Waals surface area contributed by atoms with Crippen LogP contribution in [0.25, 0.3) is 0 Å². The van der Waals surface area contributed by atoms with Crippen LogP contribution in [0.15, 0.2) is 54.6 Å². The third kappa shape index (κ3) is 10.6. The van der Waals surface area contributed by atoms with Gasteiger partial charge >= 0.3 is 11.9 Å². The van der Waals surface area contributed by atoms with E-state index in [0.717, 1.165) is 29.9 Å². The number of aryl methyl sites for hydroxylation is 1. The lowest BCUT2D eigenvalue weighted by atomic mass is 9.97. The van der Waals surface area contributed by atoms with Gasteiger partial charge in [-0.3, -0.25) is 9.59 Å². The van der Waals surface area contributed by atoms with Gasteiger partial charge in [0, 0.05) is 13.0 Å². The van der Waals surface area contributed by atoms with Gasteiger partial charge in [-0.25, -0.2) is 4.79 Å². The van der Waals surface area contributed by atoms with Crippen molar-refractivity contribution in [2.24, 2.45) is 5.92 Å². The van der Waals surface area contributed by atoms with Gasteiger partial charge in [-0.2, -0.15) is 0 Å². The highest BCUT2D eigenvalue weighted by molar-refractivity contribution is 6.02. The van der Waals surface area contributed by atoms with E-state index in [-0.39, 0.29) is 19.4 Å². The van der Waals surface area contributed by atoms with Crippen LogP contribution in [0.1, 0.15) is 44.6 Å². The molecule has 0 aliphatic rings. The Kier molecular flexibility index (Phi) is 12.3. The molecule has 0 heterocycles. The number of carboxylic acids is 2. The van der Waals surface area contributed by atoms with E-state index < -0.39 is 29.7 Å². The molecule has 0 fully saturated rings. The van der Waals surface area contributed by atoms with Gasteiger partial charge in [-0.1, -0.05) is 37.3 Å². The fourth-order valence-electron chi connectivity index (χ4n) is 3.43. The third-order valence-electron chi connectivity index (χ3n) is 5.42. The Hall–Kier alpha value is -3.39. The first kappa shape index (κ1) is 27.9. The number of rotatable bonds is 18. The molecular formula is C27H34O8. The van der Waals surface area contributed by atoms with Gasteiger partial charge in [0.2, 0.25) is 6.10 Å². The molecule has 0 aromatic heterocycles. The Balaban J connectivity index is 1.68. The summed E-state index contributed by atoms with van der Waals surface area (Å²) >= 11 is 0. The summed E-state index contributed by atoms with van der Waals surface area (Å²) in [6.45, 7) is 2.91. The zero-order valence-corrected chi connectivity index (χ0v) is 20.1. The van der Waals surface area contributed by atoms with Gasteiger partial charge in [0.15, 0.2) is 5.78 Å². The van der Waals surface area contributed by atoms with Crippen LogP contribution in [-0.4, -0.2) is 53.9 Å². The monoisotopic (exact) mass is 486 g/mol. The molecule has 8 nitrogen and oxygen atoms in total. The number of benzene rings is 2. The lowest BCUT2D eigenvalue weighted by molar-refractivity contribution is -0.158. The first-order valence-electron chi connectivity index (χ1n) is 11.9. The summed E-state index contributed by atoms with van der Waals surface area (Å²) in [4.78, 5) is 34.7. The minimum atomic E-state index is -1.65. The summed E-state index contributed by atoms with van der Waals surface area (Å²) in [7, 11) is 0. The van der Waals surface area contributed by atoms with E-state index >= 15 is 0 Å². The first-order valence-corrected chi connectivity index (χ1v) is 11.9. The van der Waals surface area contributed by atoms with Crippen LogP contribution in [-0.2, 0) is 25.5 Å². The molecule has 0 saturated carbocycles. The van der Waals surface area contributed by atoms with Gasteiger partial charge in [0.05, 0.1) is 19.1 Å². The molecule has 2 unspecified atom stereocenters. The molecule has 0 bridgehead atoms. The number of Topliss-reactive ketones (excluding diaryl/α,β-unsaturated/α-hetero) is 1. The van der Waals surface area contributed by atoms with Gasteiger partial charge in [-0.15, -0.1) is 0 Å². The molecule has 0 aliphatic heterocycles. The topological polar surface area (TPSA) is 119 Å². The number of aliphatic carboxylic acids is 2. The van der Waals surface area contributed by atoms with Crippen LogP contribution < -0.4 is 9.47 Å². The number of carbonyl (C=O) groups is 3. The predicted octanol–water partition coefficient (Wildman–Crippen LogP) is 4.40. The highest BCUT2D eigenvalue weighted by Crippen LogP contribution is 2.16. The number of unbranched alkanes of at least 4 members (excludes halogenated alkanes) is 1. The number of ether oxygens (including phenoxy) is 3. The fourth-order valence-corrected chi connectivity index (χ4v) is 3.43. The summed E-state index contributed by atoms with van der Waals surface area (Å²) in [6.07, 6.45) is 1.09. The minimum absolute atomic E-state index is 0.0685. The van der Waals surface area contributed by atoms with Crippen LogP contribution in [0, 0.1) is 5.92 Å². The molecule has 0 aliphatic carbocycles. The average Bonchev–Trinajstić information content (AvgIpc) is 2.85. The lowest BCUT2D eigenvalue weighted by Gasteiger charge is -2.15. The normalized spacial score (nSPS) is 12.5. The highest BCUT2D eigenvalue weighted by atomic mass is 16.5. The SMILES string of the molecule is CCC(CC(=O)C(OCCCc1cccc(OCCCCOc2ccccc2)c1)C(=O)O)C(=O)O. The van der Waals surface area contributed by atoms with Crippen molar-refractivity contribution in [2.75, 3.05) is 19.8 Å². The molecule has 2 N–H and O–H groups in total. The number of hydrogen-bond donors (Lipinski definition) is 2. The van der Waals surface area contributed by atoms with Crippen molar-refractivity contribution >= 4 is 17.7 Å². The zero-order valence-electron chi connectivity index (χ0n) is 20.1. The Bertz CT molecular complexity index is 928. The fraction of sp³-hybridized carbons (Fsp3) is 0.444. The predicted molar refractivity (Wildman–Crippen MR) is 130 cm³/mol. The maximum atomic E-state index is 12.2. The van der Waals surface area contributed by atoms with Gasteiger partial charge in [0.1, 0.15) is 11.5 Å². The van der Waals surface area contributed by atoms with Crippen molar-refractivity contribution in [3.8, 4) is 11.5 Å². The van der Waals surface area contributed by atoms with Crippen molar-refractivity contribution in [1.29, 1.82) is 0 Å². The van der Waals surface area contributed by atoms with Crippen molar-refractivity contribution in [3.05, 3.63) is 60.2 Å². The van der Waals surface area contributed by atoms with Crippen LogP contribution in [0.5, 0.6) is 11.5 Å². The van der Waals surface area contributed by atoms with Crippen LogP contribution in [0.3, 0.4) is 0 Å². The van der Waals surface area contributed by atoms with Crippen LogP contribution >= 0.6 is 0 Å². The molecule has 0 amide bonds. The maximum Gasteiger partial charge on any atom is 0.340 e. The number of hydrogen-bond acceptors (Lipinski definition) is 6. The first-order chi connectivity index (χ1) is 16.9.